The van der Waals surface area contributed by atoms with Crippen LogP contribution in [0.2, 0.25) is 0 Å². The van der Waals surface area contributed by atoms with Crippen LogP contribution in [0.1, 0.15) is 13.3 Å². The normalized spacial score (nSPS) is 10.4. The fourth-order valence-electron chi connectivity index (χ4n) is 1.16. The maximum atomic E-state index is 11.5. The first-order valence-electron chi connectivity index (χ1n) is 4.68. The van der Waals surface area contributed by atoms with Gasteiger partial charge in [0.25, 0.3) is 5.56 Å². The predicted octanol–water partition coefficient (Wildman–Crippen LogP) is 2.04. The summed E-state index contributed by atoms with van der Waals surface area (Å²) in [7, 11) is 0. The van der Waals surface area contributed by atoms with Crippen molar-refractivity contribution < 1.29 is 4.74 Å². The number of pyridine rings is 1. The minimum atomic E-state index is 0.0176. The Labute approximate surface area is 91.8 Å². The molecular formula is C10H14BrNO2. The fourth-order valence-corrected chi connectivity index (χ4v) is 1.55. The molecule has 14 heavy (non-hydrogen) atoms. The Bertz CT molecular complexity index is 335. The van der Waals surface area contributed by atoms with Gasteiger partial charge in [0.2, 0.25) is 0 Å². The average molecular weight is 260 g/mol. The van der Waals surface area contributed by atoms with Gasteiger partial charge in [0.15, 0.2) is 0 Å². The molecule has 4 heteroatoms. The third-order valence-corrected chi connectivity index (χ3v) is 2.47. The van der Waals surface area contributed by atoms with Gasteiger partial charge in [0.05, 0.1) is 4.47 Å². The molecule has 0 aromatic carbocycles. The van der Waals surface area contributed by atoms with E-state index in [1.807, 2.05) is 13.0 Å². The summed E-state index contributed by atoms with van der Waals surface area (Å²) in [5.74, 6) is 0. The molecule has 0 saturated carbocycles. The molecule has 78 valence electrons. The lowest BCUT2D eigenvalue weighted by atomic mass is 10.4. The highest BCUT2D eigenvalue weighted by molar-refractivity contribution is 9.10. The number of hydrogen-bond donors (Lipinski definition) is 0. The zero-order valence-electron chi connectivity index (χ0n) is 8.20. The first kappa shape index (κ1) is 11.5. The van der Waals surface area contributed by atoms with E-state index in [-0.39, 0.29) is 5.56 Å². The summed E-state index contributed by atoms with van der Waals surface area (Å²) in [5.41, 5.74) is 0.0176. The van der Waals surface area contributed by atoms with Crippen LogP contribution in [0.3, 0.4) is 0 Å². The molecule has 1 aromatic heterocycles. The lowest BCUT2D eigenvalue weighted by molar-refractivity contribution is 0.141. The molecule has 1 rings (SSSR count). The Kier molecular flexibility index (Phi) is 4.90. The third-order valence-electron chi connectivity index (χ3n) is 1.87. The molecule has 1 aromatic rings. The second-order valence-corrected chi connectivity index (χ2v) is 3.76. The summed E-state index contributed by atoms with van der Waals surface area (Å²) in [5, 5.41) is 0. The number of aromatic nitrogens is 1. The van der Waals surface area contributed by atoms with Crippen LogP contribution in [0.4, 0.5) is 0 Å². The van der Waals surface area contributed by atoms with Gasteiger partial charge in [-0.2, -0.15) is 0 Å². The molecule has 0 fully saturated rings. The van der Waals surface area contributed by atoms with Crippen molar-refractivity contribution in [3.05, 3.63) is 33.2 Å². The van der Waals surface area contributed by atoms with Crippen molar-refractivity contribution in [3.8, 4) is 0 Å². The van der Waals surface area contributed by atoms with Crippen LogP contribution in [0.25, 0.3) is 0 Å². The van der Waals surface area contributed by atoms with E-state index in [2.05, 4.69) is 15.9 Å². The highest BCUT2D eigenvalue weighted by Crippen LogP contribution is 2.01. The fraction of sp³-hybridized carbons (Fsp3) is 0.500. The van der Waals surface area contributed by atoms with Gasteiger partial charge in [-0.3, -0.25) is 4.79 Å². The Morgan fingerprint density at radius 1 is 1.57 bits per heavy atom. The van der Waals surface area contributed by atoms with E-state index in [1.54, 1.807) is 16.8 Å². The van der Waals surface area contributed by atoms with Gasteiger partial charge in [0, 0.05) is 26.0 Å². The zero-order valence-corrected chi connectivity index (χ0v) is 9.79. The number of ether oxygens (including phenoxy) is 1. The van der Waals surface area contributed by atoms with Crippen LogP contribution in [0.5, 0.6) is 0 Å². The standard InChI is InChI=1S/C10H14BrNO2/c1-2-14-8-4-7-12-6-3-5-9(11)10(12)13/h3,5-6H,2,4,7-8H2,1H3. The maximum Gasteiger partial charge on any atom is 0.264 e. The Morgan fingerprint density at radius 3 is 3.07 bits per heavy atom. The third kappa shape index (κ3) is 3.27. The maximum absolute atomic E-state index is 11.5. The second kappa shape index (κ2) is 5.98. The molecule has 0 aliphatic heterocycles. The van der Waals surface area contributed by atoms with E-state index in [9.17, 15) is 4.79 Å². The van der Waals surface area contributed by atoms with Gasteiger partial charge < -0.3 is 9.30 Å². The van der Waals surface area contributed by atoms with Crippen molar-refractivity contribution >= 4 is 15.9 Å². The molecule has 0 bridgehead atoms. The predicted molar refractivity (Wildman–Crippen MR) is 59.5 cm³/mol. The van der Waals surface area contributed by atoms with Gasteiger partial charge in [-0.05, 0) is 41.4 Å². The Hall–Kier alpha value is -0.610. The highest BCUT2D eigenvalue weighted by atomic mass is 79.9. The SMILES string of the molecule is CCOCCCn1cccc(Br)c1=O. The summed E-state index contributed by atoms with van der Waals surface area (Å²) in [4.78, 5) is 11.5. The van der Waals surface area contributed by atoms with Gasteiger partial charge in [-0.1, -0.05) is 0 Å². The van der Waals surface area contributed by atoms with Crippen molar-refractivity contribution in [2.24, 2.45) is 0 Å². The summed E-state index contributed by atoms with van der Waals surface area (Å²) in [6, 6.07) is 3.60. The molecule has 1 heterocycles. The van der Waals surface area contributed by atoms with Gasteiger partial charge >= 0.3 is 0 Å². The van der Waals surface area contributed by atoms with Gasteiger partial charge in [0.1, 0.15) is 0 Å². The minimum absolute atomic E-state index is 0.0176. The smallest absolute Gasteiger partial charge is 0.264 e. The summed E-state index contributed by atoms with van der Waals surface area (Å²) < 4.78 is 7.49. The summed E-state index contributed by atoms with van der Waals surface area (Å²) >= 11 is 3.20. The van der Waals surface area contributed by atoms with E-state index in [0.29, 0.717) is 17.6 Å². The molecule has 0 N–H and O–H groups in total. The van der Waals surface area contributed by atoms with Crippen LogP contribution in [-0.4, -0.2) is 17.8 Å². The number of aryl methyl sites for hydroxylation is 1. The average Bonchev–Trinajstić information content (AvgIpc) is 2.19. The summed E-state index contributed by atoms with van der Waals surface area (Å²) in [6.07, 6.45) is 2.66. The van der Waals surface area contributed by atoms with Crippen molar-refractivity contribution in [1.29, 1.82) is 0 Å². The highest BCUT2D eigenvalue weighted by Gasteiger charge is 1.98. The van der Waals surface area contributed by atoms with E-state index < -0.39 is 0 Å². The first-order valence-corrected chi connectivity index (χ1v) is 5.47. The van der Waals surface area contributed by atoms with Crippen LogP contribution in [0, 0.1) is 0 Å². The molecule has 0 atom stereocenters. The van der Waals surface area contributed by atoms with E-state index >= 15 is 0 Å². The Balaban J connectivity index is 2.51. The molecule has 3 nitrogen and oxygen atoms in total. The first-order chi connectivity index (χ1) is 6.75. The minimum Gasteiger partial charge on any atom is -0.382 e. The van der Waals surface area contributed by atoms with Crippen LogP contribution in [0.15, 0.2) is 27.6 Å². The number of rotatable bonds is 5. The second-order valence-electron chi connectivity index (χ2n) is 2.91. The monoisotopic (exact) mass is 259 g/mol. The molecule has 0 radical (unpaired) electrons. The lowest BCUT2D eigenvalue weighted by Gasteiger charge is -2.05. The van der Waals surface area contributed by atoms with Gasteiger partial charge in [-0.15, -0.1) is 0 Å². The van der Waals surface area contributed by atoms with E-state index in [4.69, 9.17) is 4.74 Å². The molecular weight excluding hydrogens is 246 g/mol. The van der Waals surface area contributed by atoms with Crippen molar-refractivity contribution in [2.75, 3.05) is 13.2 Å². The number of hydrogen-bond acceptors (Lipinski definition) is 2. The molecule has 0 spiro atoms. The molecule has 0 aliphatic carbocycles. The lowest BCUT2D eigenvalue weighted by Crippen LogP contribution is -2.20. The van der Waals surface area contributed by atoms with E-state index in [1.165, 1.54) is 0 Å². The molecule has 0 saturated heterocycles. The zero-order chi connectivity index (χ0) is 10.4. The van der Waals surface area contributed by atoms with Crippen LogP contribution in [-0.2, 0) is 11.3 Å². The van der Waals surface area contributed by atoms with E-state index in [0.717, 1.165) is 13.0 Å². The molecule has 0 unspecified atom stereocenters. The molecule has 0 aliphatic rings. The van der Waals surface area contributed by atoms with Crippen molar-refractivity contribution in [1.82, 2.24) is 4.57 Å². The Morgan fingerprint density at radius 2 is 2.36 bits per heavy atom. The van der Waals surface area contributed by atoms with Gasteiger partial charge in [-0.25, -0.2) is 0 Å². The number of nitrogens with zero attached hydrogens (tertiary/aromatic N) is 1. The molecule has 0 amide bonds. The van der Waals surface area contributed by atoms with Crippen molar-refractivity contribution in [2.45, 2.75) is 19.9 Å². The topological polar surface area (TPSA) is 31.2 Å². The van der Waals surface area contributed by atoms with Crippen LogP contribution >= 0.6 is 15.9 Å². The van der Waals surface area contributed by atoms with Crippen molar-refractivity contribution in [3.63, 3.8) is 0 Å². The van der Waals surface area contributed by atoms with Crippen LogP contribution < -0.4 is 5.56 Å². The summed E-state index contributed by atoms with van der Waals surface area (Å²) in [6.45, 7) is 4.10. The number of halogens is 1. The quantitative estimate of drug-likeness (QED) is 0.758. The largest absolute Gasteiger partial charge is 0.382 e.